The van der Waals surface area contributed by atoms with Gasteiger partial charge in [-0.15, -0.1) is 0 Å². The van der Waals surface area contributed by atoms with E-state index in [0.717, 1.165) is 17.5 Å². The summed E-state index contributed by atoms with van der Waals surface area (Å²) in [4.78, 5) is 11.1. The first-order valence-corrected chi connectivity index (χ1v) is 6.58. The maximum absolute atomic E-state index is 11.1. The lowest BCUT2D eigenvalue weighted by Crippen LogP contribution is -2.19. The third-order valence-electron chi connectivity index (χ3n) is 2.22. The standard InChI is InChI=1S/C10H11NO4S/c1-16(13,14)15-8-3-4-9-7(6-8)2-5-10(12)11-9/h3-4,6H,2,5H2,1H3,(H,11,12). The van der Waals surface area contributed by atoms with Crippen LogP contribution in [-0.4, -0.2) is 20.6 Å². The Kier molecular flexibility index (Phi) is 2.59. The predicted octanol–water partition coefficient (Wildman–Crippen LogP) is 0.910. The van der Waals surface area contributed by atoms with Crippen LogP contribution in [0.5, 0.6) is 5.75 Å². The molecule has 16 heavy (non-hydrogen) atoms. The van der Waals surface area contributed by atoms with Gasteiger partial charge in [0.2, 0.25) is 5.91 Å². The van der Waals surface area contributed by atoms with Gasteiger partial charge in [0.15, 0.2) is 0 Å². The van der Waals surface area contributed by atoms with Gasteiger partial charge in [0.25, 0.3) is 0 Å². The van der Waals surface area contributed by atoms with E-state index in [1.807, 2.05) is 0 Å². The highest BCUT2D eigenvalue weighted by Crippen LogP contribution is 2.27. The molecule has 86 valence electrons. The summed E-state index contributed by atoms with van der Waals surface area (Å²) in [5.41, 5.74) is 1.61. The zero-order valence-corrected chi connectivity index (χ0v) is 9.50. The second kappa shape index (κ2) is 3.79. The molecule has 1 amide bonds. The van der Waals surface area contributed by atoms with E-state index < -0.39 is 10.1 Å². The van der Waals surface area contributed by atoms with Crippen molar-refractivity contribution < 1.29 is 17.4 Å². The normalized spacial score (nSPS) is 15.2. The van der Waals surface area contributed by atoms with E-state index in [-0.39, 0.29) is 11.7 Å². The topological polar surface area (TPSA) is 72.5 Å². The molecule has 0 spiro atoms. The molecule has 1 heterocycles. The first kappa shape index (κ1) is 10.9. The van der Waals surface area contributed by atoms with Crippen LogP contribution in [0.25, 0.3) is 0 Å². The SMILES string of the molecule is CS(=O)(=O)Oc1ccc2c(c1)CCC(=O)N2. The van der Waals surface area contributed by atoms with Gasteiger partial charge in [-0.3, -0.25) is 4.79 Å². The minimum absolute atomic E-state index is 0.0238. The average Bonchev–Trinajstić information content (AvgIpc) is 2.16. The number of benzene rings is 1. The molecule has 0 saturated carbocycles. The Morgan fingerprint density at radius 2 is 2.06 bits per heavy atom. The Bertz CT molecular complexity index is 536. The maximum atomic E-state index is 11.1. The van der Waals surface area contributed by atoms with Gasteiger partial charge >= 0.3 is 10.1 Å². The van der Waals surface area contributed by atoms with Crippen molar-refractivity contribution in [2.45, 2.75) is 12.8 Å². The molecular weight excluding hydrogens is 230 g/mol. The van der Waals surface area contributed by atoms with Crippen LogP contribution in [0.3, 0.4) is 0 Å². The zero-order chi connectivity index (χ0) is 11.8. The molecule has 0 fully saturated rings. The maximum Gasteiger partial charge on any atom is 0.306 e. The summed E-state index contributed by atoms with van der Waals surface area (Å²) in [6.45, 7) is 0. The number of rotatable bonds is 2. The number of hydrogen-bond donors (Lipinski definition) is 1. The number of hydrogen-bond acceptors (Lipinski definition) is 4. The molecule has 1 aliphatic rings. The van der Waals surface area contributed by atoms with E-state index in [4.69, 9.17) is 4.18 Å². The second-order valence-electron chi connectivity index (χ2n) is 3.65. The fourth-order valence-electron chi connectivity index (χ4n) is 1.59. The van der Waals surface area contributed by atoms with Crippen molar-refractivity contribution in [2.75, 3.05) is 11.6 Å². The van der Waals surface area contributed by atoms with Crippen molar-refractivity contribution in [2.24, 2.45) is 0 Å². The van der Waals surface area contributed by atoms with Crippen LogP contribution in [0, 0.1) is 0 Å². The van der Waals surface area contributed by atoms with Gasteiger partial charge in [0.05, 0.1) is 6.26 Å². The van der Waals surface area contributed by atoms with Crippen LogP contribution < -0.4 is 9.50 Å². The second-order valence-corrected chi connectivity index (χ2v) is 5.23. The lowest BCUT2D eigenvalue weighted by Gasteiger charge is -2.17. The van der Waals surface area contributed by atoms with Crippen molar-refractivity contribution in [3.05, 3.63) is 23.8 Å². The van der Waals surface area contributed by atoms with E-state index in [0.29, 0.717) is 12.8 Å². The van der Waals surface area contributed by atoms with Crippen LogP contribution in [0.4, 0.5) is 5.69 Å². The molecule has 0 bridgehead atoms. The molecule has 0 saturated heterocycles. The largest absolute Gasteiger partial charge is 0.383 e. The fraction of sp³-hybridized carbons (Fsp3) is 0.300. The van der Waals surface area contributed by atoms with Gasteiger partial charge in [-0.2, -0.15) is 8.42 Å². The number of nitrogens with one attached hydrogen (secondary N) is 1. The smallest absolute Gasteiger partial charge is 0.306 e. The highest BCUT2D eigenvalue weighted by atomic mass is 32.2. The van der Waals surface area contributed by atoms with Crippen molar-refractivity contribution in [1.82, 2.24) is 0 Å². The van der Waals surface area contributed by atoms with Crippen molar-refractivity contribution in [3.63, 3.8) is 0 Å². The molecule has 1 aromatic carbocycles. The third kappa shape index (κ3) is 2.52. The Balaban J connectivity index is 2.30. The number of carbonyl (C=O) groups is 1. The van der Waals surface area contributed by atoms with Gasteiger partial charge < -0.3 is 9.50 Å². The van der Waals surface area contributed by atoms with E-state index in [1.165, 1.54) is 6.07 Å². The summed E-state index contributed by atoms with van der Waals surface area (Å²) in [5, 5.41) is 2.71. The van der Waals surface area contributed by atoms with E-state index in [1.54, 1.807) is 12.1 Å². The monoisotopic (exact) mass is 241 g/mol. The molecule has 6 heteroatoms. The van der Waals surface area contributed by atoms with Gasteiger partial charge in [-0.05, 0) is 30.2 Å². The Hall–Kier alpha value is -1.56. The Morgan fingerprint density at radius 3 is 2.75 bits per heavy atom. The van der Waals surface area contributed by atoms with Crippen molar-refractivity contribution >= 4 is 21.7 Å². The summed E-state index contributed by atoms with van der Waals surface area (Å²) >= 11 is 0. The molecule has 1 aliphatic heterocycles. The summed E-state index contributed by atoms with van der Waals surface area (Å²) in [7, 11) is -3.50. The summed E-state index contributed by atoms with van der Waals surface area (Å²) in [6, 6.07) is 4.80. The van der Waals surface area contributed by atoms with Crippen LogP contribution in [0.15, 0.2) is 18.2 Å². The molecule has 0 aliphatic carbocycles. The minimum Gasteiger partial charge on any atom is -0.383 e. The Labute approximate surface area is 93.5 Å². The quantitative estimate of drug-likeness (QED) is 0.781. The van der Waals surface area contributed by atoms with Gasteiger partial charge in [0, 0.05) is 12.1 Å². The molecule has 0 radical (unpaired) electrons. The predicted molar refractivity (Wildman–Crippen MR) is 58.9 cm³/mol. The molecule has 0 unspecified atom stereocenters. The molecule has 0 atom stereocenters. The van der Waals surface area contributed by atoms with E-state index in [2.05, 4.69) is 5.32 Å². The summed E-state index contributed by atoms with van der Waals surface area (Å²) in [5.74, 6) is 0.252. The zero-order valence-electron chi connectivity index (χ0n) is 8.69. The molecule has 2 rings (SSSR count). The highest BCUT2D eigenvalue weighted by Gasteiger charge is 2.16. The molecule has 0 aromatic heterocycles. The summed E-state index contributed by atoms with van der Waals surface area (Å²) < 4.78 is 26.6. The van der Waals surface area contributed by atoms with Crippen molar-refractivity contribution in [3.8, 4) is 5.75 Å². The minimum atomic E-state index is -3.50. The van der Waals surface area contributed by atoms with Crippen molar-refractivity contribution in [1.29, 1.82) is 0 Å². The van der Waals surface area contributed by atoms with Crippen LogP contribution in [0.1, 0.15) is 12.0 Å². The first-order chi connectivity index (χ1) is 7.44. The lowest BCUT2D eigenvalue weighted by molar-refractivity contribution is -0.116. The number of aryl methyl sites for hydroxylation is 1. The fourth-order valence-corrected chi connectivity index (χ4v) is 2.04. The highest BCUT2D eigenvalue weighted by molar-refractivity contribution is 7.86. The number of anilines is 1. The third-order valence-corrected chi connectivity index (χ3v) is 2.71. The molecule has 5 nitrogen and oxygen atoms in total. The molecule has 1 N–H and O–H groups in total. The first-order valence-electron chi connectivity index (χ1n) is 4.76. The van der Waals surface area contributed by atoms with Gasteiger partial charge in [0.1, 0.15) is 5.75 Å². The average molecular weight is 241 g/mol. The van der Waals surface area contributed by atoms with Crippen LogP contribution in [0.2, 0.25) is 0 Å². The summed E-state index contributed by atoms with van der Waals surface area (Å²) in [6.07, 6.45) is 2.01. The number of amides is 1. The lowest BCUT2D eigenvalue weighted by atomic mass is 10.0. The van der Waals surface area contributed by atoms with Crippen LogP contribution in [-0.2, 0) is 21.3 Å². The van der Waals surface area contributed by atoms with E-state index in [9.17, 15) is 13.2 Å². The van der Waals surface area contributed by atoms with Gasteiger partial charge in [-0.25, -0.2) is 0 Å². The Morgan fingerprint density at radius 1 is 1.31 bits per heavy atom. The molecule has 1 aromatic rings. The van der Waals surface area contributed by atoms with E-state index >= 15 is 0 Å². The van der Waals surface area contributed by atoms with Crippen LogP contribution >= 0.6 is 0 Å². The molecular formula is C10H11NO4S. The van der Waals surface area contributed by atoms with Gasteiger partial charge in [-0.1, -0.05) is 0 Å². The number of fused-ring (bicyclic) bond motifs is 1. The number of carbonyl (C=O) groups excluding carboxylic acids is 1.